The summed E-state index contributed by atoms with van der Waals surface area (Å²) in [5, 5.41) is 11.9. The van der Waals surface area contributed by atoms with Gasteiger partial charge in [-0.05, 0) is 12.3 Å². The maximum atomic E-state index is 11.0. The maximum absolute atomic E-state index is 11.0. The van der Waals surface area contributed by atoms with Crippen LogP contribution in [0.1, 0.15) is 33.6 Å². The van der Waals surface area contributed by atoms with Crippen molar-refractivity contribution >= 4 is 5.91 Å². The predicted molar refractivity (Wildman–Crippen MR) is 56.0 cm³/mol. The minimum Gasteiger partial charge on any atom is -0.412 e. The lowest BCUT2D eigenvalue weighted by Gasteiger charge is -2.09. The average Bonchev–Trinajstić information content (AvgIpc) is 2.00. The SMILES string of the molecule is CCC(O)CC(=O)NCC(C)C.O.O. The topological polar surface area (TPSA) is 112 Å². The number of nitrogens with one attached hydrogen (secondary N) is 1. The summed E-state index contributed by atoms with van der Waals surface area (Å²) in [7, 11) is 0. The highest BCUT2D eigenvalue weighted by Gasteiger charge is 2.07. The van der Waals surface area contributed by atoms with Crippen LogP contribution >= 0.6 is 0 Å². The summed E-state index contributed by atoms with van der Waals surface area (Å²) in [4.78, 5) is 11.0. The van der Waals surface area contributed by atoms with Crippen molar-refractivity contribution in [2.24, 2.45) is 5.92 Å². The fraction of sp³-hybridized carbons (Fsp3) is 0.889. The Balaban J connectivity index is -0.000000605. The van der Waals surface area contributed by atoms with Crippen LogP contribution in [0, 0.1) is 5.92 Å². The van der Waals surface area contributed by atoms with E-state index in [1.807, 2.05) is 20.8 Å². The molecule has 5 nitrogen and oxygen atoms in total. The Labute approximate surface area is 85.1 Å². The van der Waals surface area contributed by atoms with Crippen LogP contribution in [-0.4, -0.2) is 34.6 Å². The number of carbonyl (C=O) groups excluding carboxylic acids is 1. The van der Waals surface area contributed by atoms with Gasteiger partial charge in [0.1, 0.15) is 0 Å². The fourth-order valence-electron chi connectivity index (χ4n) is 0.748. The monoisotopic (exact) mass is 209 g/mol. The molecule has 0 aromatic carbocycles. The van der Waals surface area contributed by atoms with Crippen molar-refractivity contribution in [3.8, 4) is 0 Å². The predicted octanol–water partition coefficient (Wildman–Crippen LogP) is -0.730. The summed E-state index contributed by atoms with van der Waals surface area (Å²) >= 11 is 0. The Kier molecular flexibility index (Phi) is 14.2. The number of rotatable bonds is 5. The standard InChI is InChI=1S/C9H19NO2.2H2O/c1-4-8(11)5-9(12)10-6-7(2)3;;/h7-8,11H,4-6H2,1-3H3,(H,10,12);2*1H2. The lowest BCUT2D eigenvalue weighted by molar-refractivity contribution is -0.123. The lowest BCUT2D eigenvalue weighted by atomic mass is 10.2. The van der Waals surface area contributed by atoms with E-state index >= 15 is 0 Å². The van der Waals surface area contributed by atoms with Gasteiger partial charge in [0.15, 0.2) is 0 Å². The summed E-state index contributed by atoms with van der Waals surface area (Å²) in [6.45, 7) is 6.63. The third-order valence-corrected chi connectivity index (χ3v) is 1.60. The number of hydrogen-bond donors (Lipinski definition) is 2. The molecule has 0 fully saturated rings. The molecule has 1 amide bonds. The van der Waals surface area contributed by atoms with Crippen LogP contribution in [0.15, 0.2) is 0 Å². The molecule has 5 heteroatoms. The molecule has 0 aliphatic rings. The largest absolute Gasteiger partial charge is 0.412 e. The van der Waals surface area contributed by atoms with E-state index in [1.165, 1.54) is 0 Å². The van der Waals surface area contributed by atoms with E-state index < -0.39 is 6.10 Å². The Hall–Kier alpha value is -0.650. The first-order chi connectivity index (χ1) is 5.56. The average molecular weight is 209 g/mol. The number of amides is 1. The van der Waals surface area contributed by atoms with Crippen molar-refractivity contribution < 1.29 is 20.9 Å². The van der Waals surface area contributed by atoms with Gasteiger partial charge in [-0.1, -0.05) is 20.8 Å². The molecule has 0 spiro atoms. The number of aliphatic hydroxyl groups is 1. The van der Waals surface area contributed by atoms with Crippen LogP contribution in [0.4, 0.5) is 0 Å². The Morgan fingerprint density at radius 1 is 1.36 bits per heavy atom. The van der Waals surface area contributed by atoms with Gasteiger partial charge in [0, 0.05) is 6.54 Å². The molecule has 0 aliphatic carbocycles. The third-order valence-electron chi connectivity index (χ3n) is 1.60. The highest BCUT2D eigenvalue weighted by Crippen LogP contribution is 1.96. The first-order valence-corrected chi connectivity index (χ1v) is 4.51. The molecule has 0 saturated carbocycles. The molecule has 6 N–H and O–H groups in total. The van der Waals surface area contributed by atoms with Crippen molar-refractivity contribution in [1.29, 1.82) is 0 Å². The minimum atomic E-state index is -0.489. The number of hydrogen-bond acceptors (Lipinski definition) is 2. The van der Waals surface area contributed by atoms with Crippen molar-refractivity contribution in [3.63, 3.8) is 0 Å². The van der Waals surface area contributed by atoms with Crippen molar-refractivity contribution in [3.05, 3.63) is 0 Å². The van der Waals surface area contributed by atoms with E-state index in [4.69, 9.17) is 5.11 Å². The van der Waals surface area contributed by atoms with Gasteiger partial charge >= 0.3 is 0 Å². The zero-order chi connectivity index (χ0) is 9.56. The molecule has 14 heavy (non-hydrogen) atoms. The molecule has 0 radical (unpaired) electrons. The molecule has 0 aromatic heterocycles. The Morgan fingerprint density at radius 3 is 2.21 bits per heavy atom. The quantitative estimate of drug-likeness (QED) is 0.621. The summed E-state index contributed by atoms with van der Waals surface area (Å²) in [5.41, 5.74) is 0. The van der Waals surface area contributed by atoms with Crippen molar-refractivity contribution in [1.82, 2.24) is 5.32 Å². The molecule has 88 valence electrons. The van der Waals surface area contributed by atoms with Gasteiger partial charge < -0.3 is 21.4 Å². The smallest absolute Gasteiger partial charge is 0.222 e. The molecule has 0 saturated heterocycles. The minimum absolute atomic E-state index is 0. The second-order valence-corrected chi connectivity index (χ2v) is 3.46. The molecular formula is C9H23NO4. The molecule has 0 rings (SSSR count). The number of carbonyl (C=O) groups is 1. The van der Waals surface area contributed by atoms with E-state index in [2.05, 4.69) is 5.32 Å². The van der Waals surface area contributed by atoms with E-state index in [-0.39, 0.29) is 23.3 Å². The van der Waals surface area contributed by atoms with Gasteiger partial charge in [0.05, 0.1) is 12.5 Å². The molecular weight excluding hydrogens is 186 g/mol. The maximum Gasteiger partial charge on any atom is 0.222 e. The van der Waals surface area contributed by atoms with E-state index in [1.54, 1.807) is 0 Å². The summed E-state index contributed by atoms with van der Waals surface area (Å²) < 4.78 is 0. The van der Waals surface area contributed by atoms with E-state index in [9.17, 15) is 4.79 Å². The molecule has 0 bridgehead atoms. The number of aliphatic hydroxyl groups excluding tert-OH is 1. The van der Waals surface area contributed by atoms with Gasteiger partial charge in [-0.15, -0.1) is 0 Å². The van der Waals surface area contributed by atoms with E-state index in [0.717, 1.165) is 0 Å². The molecule has 1 atom stereocenters. The van der Waals surface area contributed by atoms with Gasteiger partial charge in [-0.25, -0.2) is 0 Å². The zero-order valence-electron chi connectivity index (χ0n) is 9.13. The zero-order valence-corrected chi connectivity index (χ0v) is 9.13. The lowest BCUT2D eigenvalue weighted by Crippen LogP contribution is -2.30. The summed E-state index contributed by atoms with van der Waals surface area (Å²) in [6.07, 6.45) is 0.371. The first kappa shape index (κ1) is 19.0. The van der Waals surface area contributed by atoms with Gasteiger partial charge in [0.2, 0.25) is 5.91 Å². The summed E-state index contributed by atoms with van der Waals surface area (Å²) in [5.74, 6) is 0.408. The van der Waals surface area contributed by atoms with Crippen LogP contribution in [0.2, 0.25) is 0 Å². The van der Waals surface area contributed by atoms with Crippen molar-refractivity contribution in [2.45, 2.75) is 39.7 Å². The van der Waals surface area contributed by atoms with Crippen molar-refractivity contribution in [2.75, 3.05) is 6.54 Å². The van der Waals surface area contributed by atoms with Crippen LogP contribution < -0.4 is 5.32 Å². The Morgan fingerprint density at radius 2 is 1.86 bits per heavy atom. The fourth-order valence-corrected chi connectivity index (χ4v) is 0.748. The Bertz CT molecular complexity index is 139. The third kappa shape index (κ3) is 11.4. The van der Waals surface area contributed by atoms with Crippen LogP contribution in [0.25, 0.3) is 0 Å². The molecule has 1 unspecified atom stereocenters. The van der Waals surface area contributed by atoms with Crippen LogP contribution in [0.3, 0.4) is 0 Å². The highest BCUT2D eigenvalue weighted by atomic mass is 16.3. The van der Waals surface area contributed by atoms with Gasteiger partial charge in [-0.2, -0.15) is 0 Å². The second-order valence-electron chi connectivity index (χ2n) is 3.46. The van der Waals surface area contributed by atoms with Crippen LogP contribution in [-0.2, 0) is 4.79 Å². The molecule has 0 aromatic rings. The second kappa shape index (κ2) is 10.4. The van der Waals surface area contributed by atoms with Gasteiger partial charge in [0.25, 0.3) is 0 Å². The highest BCUT2D eigenvalue weighted by molar-refractivity contribution is 5.76. The molecule has 0 aliphatic heterocycles. The normalized spacial score (nSPS) is 11.2. The summed E-state index contributed by atoms with van der Waals surface area (Å²) in [6, 6.07) is 0. The van der Waals surface area contributed by atoms with Gasteiger partial charge in [-0.3, -0.25) is 4.79 Å². The van der Waals surface area contributed by atoms with E-state index in [0.29, 0.717) is 18.9 Å². The molecule has 0 heterocycles. The first-order valence-electron chi connectivity index (χ1n) is 4.51. The van der Waals surface area contributed by atoms with Crippen LogP contribution in [0.5, 0.6) is 0 Å².